The first-order chi connectivity index (χ1) is 8.06. The van der Waals surface area contributed by atoms with Crippen molar-refractivity contribution >= 4 is 27.4 Å². The van der Waals surface area contributed by atoms with Crippen LogP contribution in [0.5, 0.6) is 0 Å². The molecule has 1 aromatic carbocycles. The minimum absolute atomic E-state index is 0.0332. The molecule has 0 aliphatic carbocycles. The maximum Gasteiger partial charge on any atom is 0.346 e. The third-order valence-electron chi connectivity index (χ3n) is 2.53. The molecule has 0 bridgehead atoms. The number of thiophene rings is 1. The van der Waals surface area contributed by atoms with E-state index in [-0.39, 0.29) is 15.0 Å². The van der Waals surface area contributed by atoms with Crippen LogP contribution in [0.4, 0.5) is 8.78 Å². The highest BCUT2D eigenvalue weighted by atomic mass is 32.1. The van der Waals surface area contributed by atoms with Gasteiger partial charge in [0, 0.05) is 5.39 Å². The molecule has 2 rings (SSSR count). The minimum Gasteiger partial charge on any atom is -0.477 e. The van der Waals surface area contributed by atoms with Gasteiger partial charge in [-0.05, 0) is 24.1 Å². The molecule has 1 N–H and O–H groups in total. The molecule has 17 heavy (non-hydrogen) atoms. The summed E-state index contributed by atoms with van der Waals surface area (Å²) in [5.41, 5.74) is 0.400. The Kier molecular flexibility index (Phi) is 3.11. The lowest BCUT2D eigenvalue weighted by molar-refractivity contribution is 0.0701. The van der Waals surface area contributed by atoms with E-state index in [1.165, 1.54) is 0 Å². The largest absolute Gasteiger partial charge is 0.477 e. The highest BCUT2D eigenvalue weighted by Crippen LogP contribution is 2.35. The minimum atomic E-state index is -1.13. The van der Waals surface area contributed by atoms with E-state index >= 15 is 0 Å². The Balaban J connectivity index is 2.84. The second kappa shape index (κ2) is 4.41. The fourth-order valence-corrected chi connectivity index (χ4v) is 2.96. The summed E-state index contributed by atoms with van der Waals surface area (Å²) >= 11 is 0.798. The van der Waals surface area contributed by atoms with Gasteiger partial charge in [-0.1, -0.05) is 13.3 Å². The molecule has 0 saturated heterocycles. The van der Waals surface area contributed by atoms with E-state index in [0.717, 1.165) is 23.5 Å². The summed E-state index contributed by atoms with van der Waals surface area (Å²) < 4.78 is 27.3. The zero-order chi connectivity index (χ0) is 12.6. The molecular weight excluding hydrogens is 246 g/mol. The maximum atomic E-state index is 13.7. The third-order valence-corrected chi connectivity index (χ3v) is 3.76. The van der Waals surface area contributed by atoms with E-state index < -0.39 is 17.6 Å². The maximum absolute atomic E-state index is 13.7. The van der Waals surface area contributed by atoms with Crippen molar-refractivity contribution in [2.45, 2.75) is 19.8 Å². The summed E-state index contributed by atoms with van der Waals surface area (Å²) in [6.07, 6.45) is 1.12. The molecule has 0 aliphatic heterocycles. The van der Waals surface area contributed by atoms with Gasteiger partial charge in [-0.2, -0.15) is 0 Å². The van der Waals surface area contributed by atoms with Crippen molar-refractivity contribution in [2.75, 3.05) is 0 Å². The number of aromatic carboxylic acids is 1. The number of fused-ring (bicyclic) bond motifs is 1. The molecule has 0 radical (unpaired) electrons. The average Bonchev–Trinajstić information content (AvgIpc) is 2.65. The highest BCUT2D eigenvalue weighted by molar-refractivity contribution is 7.21. The lowest BCUT2D eigenvalue weighted by Gasteiger charge is -2.00. The highest BCUT2D eigenvalue weighted by Gasteiger charge is 2.21. The molecule has 90 valence electrons. The Morgan fingerprint density at radius 1 is 1.35 bits per heavy atom. The predicted octanol–water partition coefficient (Wildman–Crippen LogP) is 3.83. The number of halogens is 2. The van der Waals surface area contributed by atoms with Crippen molar-refractivity contribution in [1.82, 2.24) is 0 Å². The number of carboxylic acids is 1. The van der Waals surface area contributed by atoms with Gasteiger partial charge in [0.05, 0.1) is 4.70 Å². The van der Waals surface area contributed by atoms with Crippen molar-refractivity contribution in [3.63, 3.8) is 0 Å². The molecule has 1 aromatic heterocycles. The molecule has 5 heteroatoms. The Hall–Kier alpha value is -1.49. The topological polar surface area (TPSA) is 37.3 Å². The van der Waals surface area contributed by atoms with Crippen LogP contribution < -0.4 is 0 Å². The number of benzene rings is 1. The fourth-order valence-electron chi connectivity index (χ4n) is 1.85. The number of carbonyl (C=O) groups is 1. The standard InChI is InChI=1S/C12H10F2O2S/c1-2-3-6-9-7(13)4-5-8(14)11(9)17-10(6)12(15)16/h4-5H,2-3H2,1H3,(H,15,16). The average molecular weight is 256 g/mol. The molecule has 0 saturated carbocycles. The second-order valence-corrected chi connectivity index (χ2v) is 4.72. The van der Waals surface area contributed by atoms with Crippen molar-refractivity contribution in [2.24, 2.45) is 0 Å². The van der Waals surface area contributed by atoms with Gasteiger partial charge >= 0.3 is 5.97 Å². The summed E-state index contributed by atoms with van der Waals surface area (Å²) in [5, 5.41) is 9.16. The summed E-state index contributed by atoms with van der Waals surface area (Å²) in [5.74, 6) is -2.27. The van der Waals surface area contributed by atoms with Crippen molar-refractivity contribution < 1.29 is 18.7 Å². The normalized spacial score (nSPS) is 11.0. The van der Waals surface area contributed by atoms with Crippen LogP contribution in [-0.2, 0) is 6.42 Å². The van der Waals surface area contributed by atoms with Crippen LogP contribution in [0.3, 0.4) is 0 Å². The molecule has 1 heterocycles. The van der Waals surface area contributed by atoms with Crippen molar-refractivity contribution in [3.05, 3.63) is 34.2 Å². The van der Waals surface area contributed by atoms with Crippen LogP contribution in [-0.4, -0.2) is 11.1 Å². The zero-order valence-electron chi connectivity index (χ0n) is 9.09. The van der Waals surface area contributed by atoms with Gasteiger partial charge in [0.15, 0.2) is 0 Å². The van der Waals surface area contributed by atoms with E-state index in [1.807, 2.05) is 6.92 Å². The van der Waals surface area contributed by atoms with Gasteiger partial charge < -0.3 is 5.11 Å². The SMILES string of the molecule is CCCc1c(C(=O)O)sc2c(F)ccc(F)c12. The summed E-state index contributed by atoms with van der Waals surface area (Å²) in [6.45, 7) is 1.87. The van der Waals surface area contributed by atoms with E-state index in [4.69, 9.17) is 5.11 Å². The number of hydrogen-bond acceptors (Lipinski definition) is 2. The van der Waals surface area contributed by atoms with Crippen LogP contribution in [0.1, 0.15) is 28.6 Å². The molecule has 2 nitrogen and oxygen atoms in total. The van der Waals surface area contributed by atoms with Crippen molar-refractivity contribution in [1.29, 1.82) is 0 Å². The van der Waals surface area contributed by atoms with E-state index in [1.54, 1.807) is 0 Å². The van der Waals surface area contributed by atoms with Gasteiger partial charge in [-0.15, -0.1) is 11.3 Å². The molecule has 0 unspecified atom stereocenters. The Morgan fingerprint density at radius 2 is 2.00 bits per heavy atom. The molecule has 0 atom stereocenters. The van der Waals surface area contributed by atoms with Crippen molar-refractivity contribution in [3.8, 4) is 0 Å². The number of aryl methyl sites for hydroxylation is 1. The van der Waals surface area contributed by atoms with Gasteiger partial charge in [0.25, 0.3) is 0 Å². The van der Waals surface area contributed by atoms with Crippen LogP contribution in [0, 0.1) is 11.6 Å². The summed E-state index contributed by atoms with van der Waals surface area (Å²) in [4.78, 5) is 11.1. The molecule has 0 fully saturated rings. The number of hydrogen-bond donors (Lipinski definition) is 1. The molecule has 0 spiro atoms. The second-order valence-electron chi connectivity index (χ2n) is 3.70. The molecule has 0 aliphatic rings. The van der Waals surface area contributed by atoms with Crippen LogP contribution in [0.2, 0.25) is 0 Å². The Morgan fingerprint density at radius 3 is 2.59 bits per heavy atom. The van der Waals surface area contributed by atoms with Crippen LogP contribution in [0.25, 0.3) is 10.1 Å². The lowest BCUT2D eigenvalue weighted by atomic mass is 10.1. The summed E-state index contributed by atoms with van der Waals surface area (Å²) in [6, 6.07) is 2.06. The molecular formula is C12H10F2O2S. The zero-order valence-corrected chi connectivity index (χ0v) is 9.91. The Bertz CT molecular complexity index is 590. The van der Waals surface area contributed by atoms with E-state index in [2.05, 4.69) is 0 Å². The molecule has 2 aromatic rings. The monoisotopic (exact) mass is 256 g/mol. The van der Waals surface area contributed by atoms with Gasteiger partial charge in [0.2, 0.25) is 0 Å². The Labute approximate surface area is 101 Å². The predicted molar refractivity (Wildman–Crippen MR) is 62.7 cm³/mol. The summed E-state index contributed by atoms with van der Waals surface area (Å²) in [7, 11) is 0. The van der Waals surface area contributed by atoms with Gasteiger partial charge in [0.1, 0.15) is 16.5 Å². The van der Waals surface area contributed by atoms with Gasteiger partial charge in [-0.3, -0.25) is 0 Å². The van der Waals surface area contributed by atoms with Gasteiger partial charge in [-0.25, -0.2) is 13.6 Å². The quantitative estimate of drug-likeness (QED) is 0.906. The number of rotatable bonds is 3. The molecule has 0 amide bonds. The van der Waals surface area contributed by atoms with E-state index in [9.17, 15) is 13.6 Å². The lowest BCUT2D eigenvalue weighted by Crippen LogP contribution is -1.98. The first kappa shape index (κ1) is 12.0. The third kappa shape index (κ3) is 1.91. The van der Waals surface area contributed by atoms with E-state index in [0.29, 0.717) is 18.4 Å². The fraction of sp³-hybridized carbons (Fsp3) is 0.250. The first-order valence-corrected chi connectivity index (χ1v) is 6.00. The first-order valence-electron chi connectivity index (χ1n) is 5.19. The smallest absolute Gasteiger partial charge is 0.346 e. The number of carboxylic acid groups (broad SMARTS) is 1. The van der Waals surface area contributed by atoms with Crippen LogP contribution >= 0.6 is 11.3 Å². The van der Waals surface area contributed by atoms with Crippen LogP contribution in [0.15, 0.2) is 12.1 Å².